The minimum atomic E-state index is 0.145. The summed E-state index contributed by atoms with van der Waals surface area (Å²) in [6, 6.07) is 8.30. The maximum absolute atomic E-state index is 13.1. The molecule has 4 rings (SSSR count). The number of aliphatic hydroxyl groups is 1. The summed E-state index contributed by atoms with van der Waals surface area (Å²) in [5.41, 5.74) is 0.879. The van der Waals surface area contributed by atoms with Crippen LogP contribution >= 0.6 is 0 Å². The van der Waals surface area contributed by atoms with Crippen molar-refractivity contribution in [1.82, 2.24) is 9.80 Å². The van der Waals surface area contributed by atoms with Gasteiger partial charge in [-0.15, -0.1) is 0 Å². The third-order valence-electron chi connectivity index (χ3n) is 6.41. The molecule has 1 aromatic rings. The average molecular weight is 404 g/mol. The van der Waals surface area contributed by atoms with E-state index in [2.05, 4.69) is 9.80 Å². The first-order valence-corrected chi connectivity index (χ1v) is 10.9. The predicted octanol–water partition coefficient (Wildman–Crippen LogP) is 1.21. The minimum Gasteiger partial charge on any atom is -0.490 e. The Bertz CT molecular complexity index is 680. The molecule has 2 saturated heterocycles. The molecule has 7 nitrogen and oxygen atoms in total. The van der Waals surface area contributed by atoms with Crippen molar-refractivity contribution in [2.45, 2.75) is 25.3 Å². The van der Waals surface area contributed by atoms with Crippen LogP contribution in [0.25, 0.3) is 0 Å². The molecule has 2 atom stereocenters. The molecule has 3 aliphatic rings. The topological polar surface area (TPSA) is 65.5 Å². The molecule has 0 spiro atoms. The number of rotatable bonds is 6. The van der Waals surface area contributed by atoms with Crippen molar-refractivity contribution in [3.63, 3.8) is 0 Å². The predicted molar refractivity (Wildman–Crippen MR) is 111 cm³/mol. The highest BCUT2D eigenvalue weighted by molar-refractivity contribution is 5.96. The standard InChI is InChI=1S/C22H33N3O4/c26-12-3-4-18-16-23(8-7-19(18)24-9-13-28-14-10-24)17-22(27)25-11-15-29-21-6-2-1-5-20(21)25/h1-2,5-6,18-19,26H,3-4,7-17H2/t18-,19+/m1/s1. The van der Waals surface area contributed by atoms with Gasteiger partial charge in [0.25, 0.3) is 0 Å². The van der Waals surface area contributed by atoms with Crippen molar-refractivity contribution in [2.24, 2.45) is 5.92 Å². The number of hydrogen-bond donors (Lipinski definition) is 1. The van der Waals surface area contributed by atoms with Gasteiger partial charge in [0.15, 0.2) is 0 Å². The molecule has 1 aromatic carbocycles. The molecule has 0 aromatic heterocycles. The Hall–Kier alpha value is -1.67. The van der Waals surface area contributed by atoms with Crippen LogP contribution in [-0.2, 0) is 9.53 Å². The molecule has 0 unspecified atom stereocenters. The van der Waals surface area contributed by atoms with E-state index in [1.54, 1.807) is 0 Å². The molecule has 0 radical (unpaired) electrons. The van der Waals surface area contributed by atoms with E-state index in [9.17, 15) is 9.90 Å². The molecule has 0 aliphatic carbocycles. The number of benzene rings is 1. The largest absolute Gasteiger partial charge is 0.490 e. The summed E-state index contributed by atoms with van der Waals surface area (Å²) in [4.78, 5) is 19.8. The zero-order chi connectivity index (χ0) is 20.1. The summed E-state index contributed by atoms with van der Waals surface area (Å²) in [7, 11) is 0. The van der Waals surface area contributed by atoms with Gasteiger partial charge in [-0.25, -0.2) is 0 Å². The van der Waals surface area contributed by atoms with Gasteiger partial charge in [-0.2, -0.15) is 0 Å². The molecular formula is C22H33N3O4. The number of hydrogen-bond acceptors (Lipinski definition) is 6. The Balaban J connectivity index is 1.39. The fraction of sp³-hybridized carbons (Fsp3) is 0.682. The van der Waals surface area contributed by atoms with Gasteiger partial charge in [0.1, 0.15) is 12.4 Å². The second-order valence-corrected chi connectivity index (χ2v) is 8.23. The molecule has 3 heterocycles. The van der Waals surface area contributed by atoms with Crippen LogP contribution in [0.5, 0.6) is 5.75 Å². The SMILES string of the molecule is O=C(CN1CC[C@H](N2CCOCC2)[C@H](CCCO)C1)N1CCOc2ccccc21. The number of aliphatic hydroxyl groups excluding tert-OH is 1. The molecule has 3 aliphatic heterocycles. The van der Waals surface area contributed by atoms with Crippen molar-refractivity contribution in [2.75, 3.05) is 70.6 Å². The van der Waals surface area contributed by atoms with Gasteiger partial charge in [0.2, 0.25) is 5.91 Å². The van der Waals surface area contributed by atoms with Crippen LogP contribution in [0.15, 0.2) is 24.3 Å². The highest BCUT2D eigenvalue weighted by atomic mass is 16.5. The van der Waals surface area contributed by atoms with E-state index in [1.165, 1.54) is 0 Å². The lowest BCUT2D eigenvalue weighted by molar-refractivity contribution is -0.121. The van der Waals surface area contributed by atoms with Crippen LogP contribution in [0.3, 0.4) is 0 Å². The number of likely N-dealkylation sites (tertiary alicyclic amines) is 1. The van der Waals surface area contributed by atoms with E-state index >= 15 is 0 Å². The lowest BCUT2D eigenvalue weighted by atomic mass is 9.86. The number of ether oxygens (including phenoxy) is 2. The second kappa shape index (κ2) is 9.89. The molecule has 1 amide bonds. The molecule has 0 saturated carbocycles. The number of carbonyl (C=O) groups is 1. The van der Waals surface area contributed by atoms with Gasteiger partial charge < -0.3 is 19.5 Å². The van der Waals surface area contributed by atoms with Crippen LogP contribution in [-0.4, -0.2) is 92.6 Å². The quantitative estimate of drug-likeness (QED) is 0.770. The van der Waals surface area contributed by atoms with E-state index in [0.29, 0.717) is 31.7 Å². The first-order chi connectivity index (χ1) is 14.3. The van der Waals surface area contributed by atoms with Crippen molar-refractivity contribution in [3.8, 4) is 5.75 Å². The van der Waals surface area contributed by atoms with Gasteiger partial charge >= 0.3 is 0 Å². The zero-order valence-corrected chi connectivity index (χ0v) is 17.2. The van der Waals surface area contributed by atoms with Crippen LogP contribution in [0.4, 0.5) is 5.69 Å². The lowest BCUT2D eigenvalue weighted by Gasteiger charge is -2.45. The maximum Gasteiger partial charge on any atom is 0.241 e. The number of para-hydroxylation sites is 2. The average Bonchev–Trinajstić information content (AvgIpc) is 2.78. The number of piperidine rings is 1. The molecule has 0 bridgehead atoms. The molecule has 7 heteroatoms. The summed E-state index contributed by atoms with van der Waals surface area (Å²) in [5, 5.41) is 9.35. The van der Waals surface area contributed by atoms with Gasteiger partial charge in [-0.1, -0.05) is 12.1 Å². The maximum atomic E-state index is 13.1. The Kier molecular flexibility index (Phi) is 7.02. The number of amides is 1. The Morgan fingerprint density at radius 1 is 1.10 bits per heavy atom. The first-order valence-electron chi connectivity index (χ1n) is 10.9. The number of anilines is 1. The number of nitrogens with zero attached hydrogens (tertiary/aromatic N) is 3. The van der Waals surface area contributed by atoms with E-state index in [1.807, 2.05) is 29.2 Å². The molecule has 2 fully saturated rings. The molecule has 160 valence electrons. The van der Waals surface area contributed by atoms with Crippen molar-refractivity contribution >= 4 is 11.6 Å². The third-order valence-corrected chi connectivity index (χ3v) is 6.41. The van der Waals surface area contributed by atoms with E-state index in [4.69, 9.17) is 9.47 Å². The molecule has 29 heavy (non-hydrogen) atoms. The van der Waals surface area contributed by atoms with Gasteiger partial charge in [-0.3, -0.25) is 14.6 Å². The monoisotopic (exact) mass is 403 g/mol. The Labute approximate surface area is 173 Å². The molecule has 1 N–H and O–H groups in total. The van der Waals surface area contributed by atoms with Crippen LogP contribution < -0.4 is 9.64 Å². The highest BCUT2D eigenvalue weighted by Gasteiger charge is 2.35. The smallest absolute Gasteiger partial charge is 0.241 e. The van der Waals surface area contributed by atoms with Crippen molar-refractivity contribution < 1.29 is 19.4 Å². The summed E-state index contributed by atoms with van der Waals surface area (Å²) in [5.74, 6) is 1.42. The van der Waals surface area contributed by atoms with Crippen molar-refractivity contribution in [3.05, 3.63) is 24.3 Å². The van der Waals surface area contributed by atoms with Gasteiger partial charge in [0, 0.05) is 38.8 Å². The third kappa shape index (κ3) is 4.91. The van der Waals surface area contributed by atoms with Crippen LogP contribution in [0, 0.1) is 5.92 Å². The highest BCUT2D eigenvalue weighted by Crippen LogP contribution is 2.32. The second-order valence-electron chi connectivity index (χ2n) is 8.23. The van der Waals surface area contributed by atoms with Crippen molar-refractivity contribution in [1.29, 1.82) is 0 Å². The first kappa shape index (κ1) is 20.6. The van der Waals surface area contributed by atoms with Crippen LogP contribution in [0.1, 0.15) is 19.3 Å². The Morgan fingerprint density at radius 3 is 2.76 bits per heavy atom. The number of fused-ring (bicyclic) bond motifs is 1. The minimum absolute atomic E-state index is 0.145. The number of carbonyl (C=O) groups excluding carboxylic acids is 1. The Morgan fingerprint density at radius 2 is 1.93 bits per heavy atom. The van der Waals surface area contributed by atoms with E-state index < -0.39 is 0 Å². The lowest BCUT2D eigenvalue weighted by Crippen LogP contribution is -2.55. The van der Waals surface area contributed by atoms with E-state index in [-0.39, 0.29) is 12.5 Å². The molecular weight excluding hydrogens is 370 g/mol. The zero-order valence-electron chi connectivity index (χ0n) is 17.2. The van der Waals surface area contributed by atoms with E-state index in [0.717, 1.165) is 70.1 Å². The summed E-state index contributed by atoms with van der Waals surface area (Å²) >= 11 is 0. The normalized spacial score (nSPS) is 26.0. The fourth-order valence-electron chi connectivity index (χ4n) is 4.97. The van der Waals surface area contributed by atoms with Crippen LogP contribution in [0.2, 0.25) is 0 Å². The van der Waals surface area contributed by atoms with Gasteiger partial charge in [-0.05, 0) is 37.3 Å². The fourth-order valence-corrected chi connectivity index (χ4v) is 4.97. The number of morpholine rings is 1. The summed E-state index contributed by atoms with van der Waals surface area (Å²) in [6.07, 6.45) is 2.90. The van der Waals surface area contributed by atoms with Gasteiger partial charge in [0.05, 0.1) is 32.0 Å². The summed E-state index contributed by atoms with van der Waals surface area (Å²) < 4.78 is 11.2. The summed E-state index contributed by atoms with van der Waals surface area (Å²) in [6.45, 7) is 7.27.